The topological polar surface area (TPSA) is 88.5 Å². The lowest BCUT2D eigenvalue weighted by atomic mass is 10.0. The minimum atomic E-state index is -1.03. The lowest BCUT2D eigenvalue weighted by Crippen LogP contribution is -2.26. The third kappa shape index (κ3) is 5.29. The number of hydrogen-bond acceptors (Lipinski definition) is 5. The first-order valence-corrected chi connectivity index (χ1v) is 8.96. The highest BCUT2D eigenvalue weighted by molar-refractivity contribution is 7.09. The number of nitrogens with zero attached hydrogens (tertiary/aromatic N) is 1. The molecule has 0 aliphatic rings. The summed E-state index contributed by atoms with van der Waals surface area (Å²) in [6.45, 7) is 5.77. The van der Waals surface area contributed by atoms with Crippen molar-refractivity contribution >= 4 is 23.2 Å². The van der Waals surface area contributed by atoms with Gasteiger partial charge in [0, 0.05) is 23.9 Å². The number of carboxylic acid groups (broad SMARTS) is 1. The molecule has 134 valence electrons. The molecule has 25 heavy (non-hydrogen) atoms. The lowest BCUT2D eigenvalue weighted by Gasteiger charge is -2.13. The first-order valence-electron chi connectivity index (χ1n) is 8.08. The Hall–Kier alpha value is -2.41. The molecule has 0 bridgehead atoms. The fourth-order valence-corrected chi connectivity index (χ4v) is 3.25. The van der Waals surface area contributed by atoms with Gasteiger partial charge < -0.3 is 15.2 Å². The summed E-state index contributed by atoms with van der Waals surface area (Å²) in [7, 11) is 0. The SMILES string of the molecule is CCc1nc(CCNC(=O)c2cc(C)c(OCC(=O)O)c(C)c2)cs1. The van der Waals surface area contributed by atoms with Crippen molar-refractivity contribution in [3.8, 4) is 5.75 Å². The van der Waals surface area contributed by atoms with Crippen molar-refractivity contribution in [3.63, 3.8) is 0 Å². The summed E-state index contributed by atoms with van der Waals surface area (Å²) >= 11 is 1.64. The Bertz CT molecular complexity index is 747. The number of benzene rings is 1. The predicted molar refractivity (Wildman–Crippen MR) is 96.6 cm³/mol. The molecule has 0 unspecified atom stereocenters. The van der Waals surface area contributed by atoms with E-state index in [2.05, 4.69) is 17.2 Å². The highest BCUT2D eigenvalue weighted by atomic mass is 32.1. The number of aromatic nitrogens is 1. The second-order valence-electron chi connectivity index (χ2n) is 5.71. The fraction of sp³-hybridized carbons (Fsp3) is 0.389. The third-order valence-electron chi connectivity index (χ3n) is 3.63. The molecule has 7 heteroatoms. The van der Waals surface area contributed by atoms with E-state index in [-0.39, 0.29) is 5.91 Å². The number of rotatable bonds is 8. The predicted octanol–water partition coefficient (Wildman–Crippen LogP) is 2.76. The second-order valence-corrected chi connectivity index (χ2v) is 6.66. The van der Waals surface area contributed by atoms with E-state index in [1.807, 2.05) is 5.38 Å². The molecule has 6 nitrogen and oxygen atoms in total. The minimum absolute atomic E-state index is 0.165. The van der Waals surface area contributed by atoms with E-state index in [4.69, 9.17) is 9.84 Å². The van der Waals surface area contributed by atoms with Crippen molar-refractivity contribution < 1.29 is 19.4 Å². The van der Waals surface area contributed by atoms with Crippen molar-refractivity contribution in [2.75, 3.05) is 13.2 Å². The van der Waals surface area contributed by atoms with Crippen LogP contribution < -0.4 is 10.1 Å². The Kier molecular flexibility index (Phi) is 6.52. The van der Waals surface area contributed by atoms with Gasteiger partial charge in [0.1, 0.15) is 5.75 Å². The smallest absolute Gasteiger partial charge is 0.341 e. The Morgan fingerprint density at radius 3 is 2.52 bits per heavy atom. The molecule has 1 aromatic heterocycles. The van der Waals surface area contributed by atoms with E-state index in [1.54, 1.807) is 37.3 Å². The van der Waals surface area contributed by atoms with E-state index in [0.717, 1.165) is 28.2 Å². The summed E-state index contributed by atoms with van der Waals surface area (Å²) < 4.78 is 5.28. The van der Waals surface area contributed by atoms with E-state index in [9.17, 15) is 9.59 Å². The highest BCUT2D eigenvalue weighted by Crippen LogP contribution is 2.24. The molecule has 0 saturated heterocycles. The van der Waals surface area contributed by atoms with Crippen LogP contribution in [0.2, 0.25) is 0 Å². The summed E-state index contributed by atoms with van der Waals surface area (Å²) in [5.74, 6) is -0.690. The second kappa shape index (κ2) is 8.62. The Morgan fingerprint density at radius 2 is 1.96 bits per heavy atom. The lowest BCUT2D eigenvalue weighted by molar-refractivity contribution is -0.139. The average molecular weight is 362 g/mol. The molecular formula is C18H22N2O4S. The number of aryl methyl sites for hydroxylation is 3. The van der Waals surface area contributed by atoms with Crippen LogP contribution >= 0.6 is 11.3 Å². The number of carbonyl (C=O) groups is 2. The van der Waals surface area contributed by atoms with Crippen molar-refractivity contribution in [2.24, 2.45) is 0 Å². The highest BCUT2D eigenvalue weighted by Gasteiger charge is 2.13. The van der Waals surface area contributed by atoms with Gasteiger partial charge in [-0.2, -0.15) is 0 Å². The number of carbonyl (C=O) groups excluding carboxylic acids is 1. The standard InChI is InChI=1S/C18H22N2O4S/c1-4-15-20-14(10-25-15)5-6-19-18(23)13-7-11(2)17(12(3)8-13)24-9-16(21)22/h7-8,10H,4-6,9H2,1-3H3,(H,19,23)(H,21,22). The van der Waals surface area contributed by atoms with Crippen LogP contribution in [-0.4, -0.2) is 35.1 Å². The summed E-state index contributed by atoms with van der Waals surface area (Å²) in [4.78, 5) is 27.4. The molecule has 0 fully saturated rings. The normalized spacial score (nSPS) is 10.5. The number of ether oxygens (including phenoxy) is 1. The van der Waals surface area contributed by atoms with E-state index >= 15 is 0 Å². The van der Waals surface area contributed by atoms with Crippen LogP contribution in [0.5, 0.6) is 5.75 Å². The van der Waals surface area contributed by atoms with Crippen LogP contribution in [0.3, 0.4) is 0 Å². The van der Waals surface area contributed by atoms with Gasteiger partial charge in [0.05, 0.1) is 10.7 Å². The molecule has 0 aliphatic carbocycles. The van der Waals surface area contributed by atoms with Crippen molar-refractivity contribution in [1.29, 1.82) is 0 Å². The number of hydrogen-bond donors (Lipinski definition) is 2. The quantitative estimate of drug-likeness (QED) is 0.754. The van der Waals surface area contributed by atoms with Crippen LogP contribution in [0.1, 0.15) is 39.1 Å². The van der Waals surface area contributed by atoms with Crippen molar-refractivity contribution in [1.82, 2.24) is 10.3 Å². The fourth-order valence-electron chi connectivity index (χ4n) is 2.48. The van der Waals surface area contributed by atoms with Gasteiger partial charge in [-0.3, -0.25) is 4.79 Å². The first kappa shape index (κ1) is 18.9. The summed E-state index contributed by atoms with van der Waals surface area (Å²) in [5.41, 5.74) is 2.99. The van der Waals surface area contributed by atoms with Gasteiger partial charge in [-0.15, -0.1) is 11.3 Å². The Morgan fingerprint density at radius 1 is 1.28 bits per heavy atom. The Labute approximate surface area is 150 Å². The van der Waals surface area contributed by atoms with Gasteiger partial charge in [0.15, 0.2) is 6.61 Å². The molecule has 1 amide bonds. The molecule has 0 atom stereocenters. The maximum atomic E-state index is 12.3. The summed E-state index contributed by atoms with van der Waals surface area (Å²) in [5, 5.41) is 14.7. The maximum absolute atomic E-state index is 12.3. The maximum Gasteiger partial charge on any atom is 0.341 e. The number of carboxylic acids is 1. The largest absolute Gasteiger partial charge is 0.481 e. The zero-order valence-electron chi connectivity index (χ0n) is 14.6. The van der Waals surface area contributed by atoms with E-state index < -0.39 is 12.6 Å². The molecular weight excluding hydrogens is 340 g/mol. The number of nitrogens with one attached hydrogen (secondary N) is 1. The van der Waals surface area contributed by atoms with E-state index in [0.29, 0.717) is 24.3 Å². The van der Waals surface area contributed by atoms with Gasteiger partial charge in [-0.1, -0.05) is 6.92 Å². The van der Waals surface area contributed by atoms with Gasteiger partial charge in [-0.25, -0.2) is 9.78 Å². The van der Waals surface area contributed by atoms with Crippen molar-refractivity contribution in [3.05, 3.63) is 44.9 Å². The zero-order chi connectivity index (χ0) is 18.4. The third-order valence-corrected chi connectivity index (χ3v) is 4.67. The average Bonchev–Trinajstić information content (AvgIpc) is 3.01. The number of thiazole rings is 1. The molecule has 1 aromatic carbocycles. The molecule has 2 N–H and O–H groups in total. The van der Waals surface area contributed by atoms with Crippen LogP contribution in [0.4, 0.5) is 0 Å². The van der Waals surface area contributed by atoms with Crippen LogP contribution in [0, 0.1) is 13.8 Å². The minimum Gasteiger partial charge on any atom is -0.481 e. The summed E-state index contributed by atoms with van der Waals surface area (Å²) in [6, 6.07) is 3.41. The van der Waals surface area contributed by atoms with Gasteiger partial charge in [0.2, 0.25) is 0 Å². The van der Waals surface area contributed by atoms with Gasteiger partial charge in [-0.05, 0) is 43.5 Å². The van der Waals surface area contributed by atoms with Crippen LogP contribution in [0.25, 0.3) is 0 Å². The number of aliphatic carboxylic acids is 1. The molecule has 0 aliphatic heterocycles. The van der Waals surface area contributed by atoms with Crippen LogP contribution in [-0.2, 0) is 17.6 Å². The monoisotopic (exact) mass is 362 g/mol. The van der Waals surface area contributed by atoms with Crippen molar-refractivity contribution in [2.45, 2.75) is 33.6 Å². The van der Waals surface area contributed by atoms with Gasteiger partial charge >= 0.3 is 5.97 Å². The van der Waals surface area contributed by atoms with Gasteiger partial charge in [0.25, 0.3) is 5.91 Å². The molecule has 2 rings (SSSR count). The molecule has 0 spiro atoms. The first-order chi connectivity index (χ1) is 11.9. The molecule has 0 radical (unpaired) electrons. The summed E-state index contributed by atoms with van der Waals surface area (Å²) in [6.07, 6.45) is 1.62. The molecule has 1 heterocycles. The molecule has 2 aromatic rings. The number of amides is 1. The van der Waals surface area contributed by atoms with Crippen LogP contribution in [0.15, 0.2) is 17.5 Å². The van der Waals surface area contributed by atoms with E-state index in [1.165, 1.54) is 0 Å². The Balaban J connectivity index is 1.95. The molecule has 0 saturated carbocycles. The zero-order valence-corrected chi connectivity index (χ0v) is 15.4.